The van der Waals surface area contributed by atoms with Gasteiger partial charge in [0.25, 0.3) is 0 Å². The molecule has 90 valence electrons. The molecule has 0 radical (unpaired) electrons. The van der Waals surface area contributed by atoms with Crippen molar-refractivity contribution in [2.45, 2.75) is 45.4 Å². The number of rotatable bonds is 0. The van der Waals surface area contributed by atoms with E-state index in [1.165, 1.54) is 4.90 Å². The van der Waals surface area contributed by atoms with Gasteiger partial charge >= 0.3 is 6.09 Å². The lowest BCUT2D eigenvalue weighted by molar-refractivity contribution is 0.0177. The molecule has 1 aliphatic heterocycles. The van der Waals surface area contributed by atoms with E-state index in [0.29, 0.717) is 0 Å². The summed E-state index contributed by atoms with van der Waals surface area (Å²) in [4.78, 5) is 13.2. The van der Waals surface area contributed by atoms with Crippen LogP contribution in [0.5, 0.6) is 0 Å². The lowest BCUT2D eigenvalue weighted by Gasteiger charge is -2.27. The van der Waals surface area contributed by atoms with Crippen molar-refractivity contribution in [3.05, 3.63) is 0 Å². The third-order valence-electron chi connectivity index (χ3n) is 2.59. The maximum Gasteiger partial charge on any atom is 0.410 e. The van der Waals surface area contributed by atoms with Gasteiger partial charge in [-0.3, -0.25) is 0 Å². The molecular weight excluding hydrogens is 208 g/mol. The number of amides is 1. The monoisotopic (exact) mass is 226 g/mol. The fraction of sp³-hybridized carbons (Fsp3) is 0.818. The Balaban J connectivity index is 2.70. The number of aliphatic hydroxyl groups is 1. The number of nitriles is 1. The Kier molecular flexibility index (Phi) is 3.44. The van der Waals surface area contributed by atoms with E-state index in [1.54, 1.807) is 27.7 Å². The van der Waals surface area contributed by atoms with Gasteiger partial charge in [0.15, 0.2) is 0 Å². The van der Waals surface area contributed by atoms with Crippen LogP contribution in [-0.2, 0) is 4.74 Å². The zero-order valence-corrected chi connectivity index (χ0v) is 10.1. The van der Waals surface area contributed by atoms with Gasteiger partial charge in [0.05, 0.1) is 24.1 Å². The second kappa shape index (κ2) is 4.30. The lowest BCUT2D eigenvalue weighted by atomic mass is 10.1. The standard InChI is InChI=1S/C11H18N2O3/c1-7-9(14)8(5-12)6-13(7)10(15)16-11(2,3)4/h7-9,14H,6H2,1-4H3. The smallest absolute Gasteiger partial charge is 0.410 e. The van der Waals surface area contributed by atoms with E-state index in [9.17, 15) is 9.90 Å². The van der Waals surface area contributed by atoms with Gasteiger partial charge in [-0.1, -0.05) is 0 Å². The SMILES string of the molecule is CC1C(O)C(C#N)CN1C(=O)OC(C)(C)C. The quantitative estimate of drug-likeness (QED) is 0.672. The van der Waals surface area contributed by atoms with Crippen molar-refractivity contribution in [3.8, 4) is 6.07 Å². The Morgan fingerprint density at radius 3 is 2.50 bits per heavy atom. The predicted octanol–water partition coefficient (Wildman–Crippen LogP) is 1.13. The van der Waals surface area contributed by atoms with Gasteiger partial charge < -0.3 is 14.7 Å². The van der Waals surface area contributed by atoms with Crippen molar-refractivity contribution >= 4 is 6.09 Å². The first-order chi connectivity index (χ1) is 7.26. The summed E-state index contributed by atoms with van der Waals surface area (Å²) in [5, 5.41) is 18.5. The van der Waals surface area contributed by atoms with Crippen LogP contribution in [0.15, 0.2) is 0 Å². The first kappa shape index (κ1) is 12.8. The Bertz CT molecular complexity index is 316. The van der Waals surface area contributed by atoms with Crippen LogP contribution in [0.1, 0.15) is 27.7 Å². The van der Waals surface area contributed by atoms with E-state index >= 15 is 0 Å². The van der Waals surface area contributed by atoms with E-state index in [4.69, 9.17) is 10.00 Å². The number of carbonyl (C=O) groups is 1. The molecule has 0 aromatic carbocycles. The molecule has 5 nitrogen and oxygen atoms in total. The average molecular weight is 226 g/mol. The topological polar surface area (TPSA) is 73.6 Å². The maximum absolute atomic E-state index is 11.8. The number of likely N-dealkylation sites (tertiary alicyclic amines) is 1. The molecule has 0 aliphatic carbocycles. The minimum Gasteiger partial charge on any atom is -0.444 e. The summed E-state index contributed by atoms with van der Waals surface area (Å²) < 4.78 is 5.20. The van der Waals surface area contributed by atoms with Crippen LogP contribution in [0.2, 0.25) is 0 Å². The van der Waals surface area contributed by atoms with Gasteiger partial charge in [-0.05, 0) is 27.7 Å². The van der Waals surface area contributed by atoms with Crippen LogP contribution in [0.3, 0.4) is 0 Å². The highest BCUT2D eigenvalue weighted by molar-refractivity contribution is 5.69. The number of ether oxygens (including phenoxy) is 1. The second-order valence-corrected chi connectivity index (χ2v) is 5.10. The van der Waals surface area contributed by atoms with Gasteiger partial charge in [0.2, 0.25) is 0 Å². The van der Waals surface area contributed by atoms with Crippen LogP contribution in [0.25, 0.3) is 0 Å². The molecule has 1 rings (SSSR count). The molecule has 1 N–H and O–H groups in total. The van der Waals surface area contributed by atoms with Gasteiger partial charge in [0, 0.05) is 6.54 Å². The van der Waals surface area contributed by atoms with Gasteiger partial charge in [0.1, 0.15) is 5.60 Å². The van der Waals surface area contributed by atoms with Crippen molar-refractivity contribution in [2.24, 2.45) is 5.92 Å². The summed E-state index contributed by atoms with van der Waals surface area (Å²) in [5.74, 6) is -0.525. The number of hydrogen-bond acceptors (Lipinski definition) is 4. The number of hydrogen-bond donors (Lipinski definition) is 1. The second-order valence-electron chi connectivity index (χ2n) is 5.10. The van der Waals surface area contributed by atoms with Crippen molar-refractivity contribution < 1.29 is 14.6 Å². The van der Waals surface area contributed by atoms with E-state index < -0.39 is 23.7 Å². The third kappa shape index (κ3) is 2.64. The van der Waals surface area contributed by atoms with E-state index in [2.05, 4.69) is 0 Å². The van der Waals surface area contributed by atoms with Crippen LogP contribution < -0.4 is 0 Å². The maximum atomic E-state index is 11.8. The minimum absolute atomic E-state index is 0.230. The van der Waals surface area contributed by atoms with Crippen molar-refractivity contribution in [1.29, 1.82) is 5.26 Å². The summed E-state index contributed by atoms with van der Waals surface area (Å²) in [6.45, 7) is 7.29. The number of nitrogens with zero attached hydrogens (tertiary/aromatic N) is 2. The molecule has 0 aromatic heterocycles. The predicted molar refractivity (Wildman–Crippen MR) is 57.5 cm³/mol. The first-order valence-electron chi connectivity index (χ1n) is 5.33. The summed E-state index contributed by atoms with van der Waals surface area (Å²) in [6.07, 6.45) is -1.27. The average Bonchev–Trinajstić information content (AvgIpc) is 2.41. The zero-order chi connectivity index (χ0) is 12.5. The first-order valence-corrected chi connectivity index (χ1v) is 5.33. The third-order valence-corrected chi connectivity index (χ3v) is 2.59. The van der Waals surface area contributed by atoms with Crippen LogP contribution in [-0.4, -0.2) is 40.4 Å². The minimum atomic E-state index is -0.794. The molecule has 0 spiro atoms. The fourth-order valence-electron chi connectivity index (χ4n) is 1.69. The fourth-order valence-corrected chi connectivity index (χ4v) is 1.69. The summed E-state index contributed by atoms with van der Waals surface area (Å²) in [7, 11) is 0. The van der Waals surface area contributed by atoms with Crippen molar-refractivity contribution in [2.75, 3.05) is 6.54 Å². The Morgan fingerprint density at radius 1 is 1.56 bits per heavy atom. The molecule has 0 saturated carbocycles. The van der Waals surface area contributed by atoms with E-state index in [0.717, 1.165) is 0 Å². The van der Waals surface area contributed by atoms with Crippen LogP contribution in [0.4, 0.5) is 4.79 Å². The highest BCUT2D eigenvalue weighted by atomic mass is 16.6. The van der Waals surface area contributed by atoms with E-state index in [-0.39, 0.29) is 12.6 Å². The van der Waals surface area contributed by atoms with Gasteiger partial charge in [-0.25, -0.2) is 4.79 Å². The van der Waals surface area contributed by atoms with Crippen LogP contribution in [0, 0.1) is 17.2 Å². The van der Waals surface area contributed by atoms with Crippen LogP contribution >= 0.6 is 0 Å². The van der Waals surface area contributed by atoms with Gasteiger partial charge in [-0.15, -0.1) is 0 Å². The van der Waals surface area contributed by atoms with Crippen molar-refractivity contribution in [1.82, 2.24) is 4.90 Å². The summed E-state index contributed by atoms with van der Waals surface area (Å²) in [5.41, 5.74) is -0.563. The zero-order valence-electron chi connectivity index (χ0n) is 10.1. The molecule has 1 fully saturated rings. The summed E-state index contributed by atoms with van der Waals surface area (Å²) >= 11 is 0. The molecule has 1 amide bonds. The molecule has 1 heterocycles. The largest absolute Gasteiger partial charge is 0.444 e. The van der Waals surface area contributed by atoms with Gasteiger partial charge in [-0.2, -0.15) is 5.26 Å². The molecule has 1 saturated heterocycles. The molecule has 1 aliphatic rings. The Morgan fingerprint density at radius 2 is 2.12 bits per heavy atom. The van der Waals surface area contributed by atoms with E-state index in [1.807, 2.05) is 6.07 Å². The molecule has 0 bridgehead atoms. The molecule has 5 heteroatoms. The molecular formula is C11H18N2O3. The molecule has 16 heavy (non-hydrogen) atoms. The lowest BCUT2D eigenvalue weighted by Crippen LogP contribution is -2.40. The Hall–Kier alpha value is -1.28. The molecule has 0 aromatic rings. The number of aliphatic hydroxyl groups excluding tert-OH is 1. The highest BCUT2D eigenvalue weighted by Crippen LogP contribution is 2.25. The molecule has 3 unspecified atom stereocenters. The molecule has 3 atom stereocenters. The summed E-state index contributed by atoms with van der Waals surface area (Å²) in [6, 6.07) is 1.62. The number of carbonyl (C=O) groups excluding carboxylic acids is 1. The van der Waals surface area contributed by atoms with Crippen molar-refractivity contribution in [3.63, 3.8) is 0 Å². The Labute approximate surface area is 95.6 Å². The highest BCUT2D eigenvalue weighted by Gasteiger charge is 2.42. The normalized spacial score (nSPS) is 30.0.